The number of aromatic nitrogens is 1. The molecule has 7 heteroatoms. The molecule has 0 aliphatic carbocycles. The van der Waals surface area contributed by atoms with E-state index in [2.05, 4.69) is 15.6 Å². The molecule has 0 aliphatic rings. The van der Waals surface area contributed by atoms with Gasteiger partial charge in [0, 0.05) is 24.1 Å². The van der Waals surface area contributed by atoms with Crippen molar-refractivity contribution >= 4 is 28.8 Å². The zero-order chi connectivity index (χ0) is 16.1. The fourth-order valence-corrected chi connectivity index (χ4v) is 2.00. The van der Waals surface area contributed by atoms with Gasteiger partial charge in [0.15, 0.2) is 6.10 Å². The number of aromatic amines is 1. The number of esters is 1. The molecule has 0 fully saturated rings. The van der Waals surface area contributed by atoms with Crippen molar-refractivity contribution in [1.29, 1.82) is 0 Å². The van der Waals surface area contributed by atoms with Crippen LogP contribution in [0.2, 0.25) is 0 Å². The van der Waals surface area contributed by atoms with Crippen molar-refractivity contribution in [2.45, 2.75) is 19.4 Å². The first-order valence-corrected chi connectivity index (χ1v) is 6.78. The minimum atomic E-state index is -1.05. The summed E-state index contributed by atoms with van der Waals surface area (Å²) in [6.45, 7) is 1.41. The van der Waals surface area contributed by atoms with Crippen molar-refractivity contribution in [1.82, 2.24) is 15.6 Å². The van der Waals surface area contributed by atoms with Gasteiger partial charge < -0.3 is 15.0 Å². The van der Waals surface area contributed by atoms with Gasteiger partial charge >= 0.3 is 12.0 Å². The molecule has 3 amide bonds. The highest BCUT2D eigenvalue weighted by Crippen LogP contribution is 2.18. The highest BCUT2D eigenvalue weighted by atomic mass is 16.5. The van der Waals surface area contributed by atoms with E-state index in [4.69, 9.17) is 4.74 Å². The van der Waals surface area contributed by atoms with Crippen LogP contribution in [0.4, 0.5) is 4.79 Å². The minimum Gasteiger partial charge on any atom is -0.452 e. The van der Waals surface area contributed by atoms with Gasteiger partial charge in [-0.3, -0.25) is 14.9 Å². The molecule has 1 aromatic carbocycles. The van der Waals surface area contributed by atoms with Crippen LogP contribution in [-0.2, 0) is 20.7 Å². The Kier molecular flexibility index (Phi) is 4.77. The van der Waals surface area contributed by atoms with Gasteiger partial charge in [0.1, 0.15) is 0 Å². The Morgan fingerprint density at radius 1 is 1.27 bits per heavy atom. The summed E-state index contributed by atoms with van der Waals surface area (Å²) in [6, 6.07) is 6.93. The van der Waals surface area contributed by atoms with Crippen molar-refractivity contribution in [3.05, 3.63) is 36.0 Å². The van der Waals surface area contributed by atoms with E-state index >= 15 is 0 Å². The smallest absolute Gasteiger partial charge is 0.321 e. The van der Waals surface area contributed by atoms with Gasteiger partial charge in [0.05, 0.1) is 6.42 Å². The summed E-state index contributed by atoms with van der Waals surface area (Å²) in [5, 5.41) is 5.23. The Hall–Kier alpha value is -2.83. The molecule has 0 saturated carbocycles. The zero-order valence-corrected chi connectivity index (χ0v) is 12.3. The average Bonchev–Trinajstić information content (AvgIpc) is 2.90. The maximum Gasteiger partial charge on any atom is 0.321 e. The topological polar surface area (TPSA) is 100 Å². The number of ether oxygens (including phenoxy) is 1. The van der Waals surface area contributed by atoms with E-state index in [1.165, 1.54) is 14.0 Å². The van der Waals surface area contributed by atoms with Gasteiger partial charge in [-0.1, -0.05) is 18.2 Å². The van der Waals surface area contributed by atoms with Gasteiger partial charge in [-0.25, -0.2) is 4.79 Å². The molecule has 7 nitrogen and oxygen atoms in total. The second-order valence-corrected chi connectivity index (χ2v) is 4.74. The van der Waals surface area contributed by atoms with Crippen molar-refractivity contribution in [3.63, 3.8) is 0 Å². The lowest BCUT2D eigenvalue weighted by Gasteiger charge is -2.12. The summed E-state index contributed by atoms with van der Waals surface area (Å²) < 4.78 is 5.03. The van der Waals surface area contributed by atoms with Crippen molar-refractivity contribution in [2.75, 3.05) is 7.05 Å². The molecule has 0 aliphatic heterocycles. The Bertz CT molecular complexity index is 708. The third-order valence-corrected chi connectivity index (χ3v) is 3.15. The number of carbonyl (C=O) groups excluding carboxylic acids is 3. The molecule has 0 spiro atoms. The first-order chi connectivity index (χ1) is 10.5. The van der Waals surface area contributed by atoms with Crippen LogP contribution in [0, 0.1) is 0 Å². The highest BCUT2D eigenvalue weighted by Gasteiger charge is 2.20. The first kappa shape index (κ1) is 15.6. The van der Waals surface area contributed by atoms with Crippen LogP contribution in [0.1, 0.15) is 12.5 Å². The van der Waals surface area contributed by atoms with E-state index < -0.39 is 24.0 Å². The largest absolute Gasteiger partial charge is 0.452 e. The van der Waals surface area contributed by atoms with Crippen LogP contribution in [0.5, 0.6) is 0 Å². The van der Waals surface area contributed by atoms with Crippen molar-refractivity contribution in [3.8, 4) is 0 Å². The monoisotopic (exact) mass is 303 g/mol. The number of fused-ring (bicyclic) bond motifs is 1. The molecule has 2 rings (SSSR count). The van der Waals surface area contributed by atoms with Crippen LogP contribution in [0.3, 0.4) is 0 Å². The summed E-state index contributed by atoms with van der Waals surface area (Å²) in [4.78, 5) is 37.6. The first-order valence-electron chi connectivity index (χ1n) is 6.78. The predicted octanol–water partition coefficient (Wildman–Crippen LogP) is 1.10. The fourth-order valence-electron chi connectivity index (χ4n) is 2.00. The lowest BCUT2D eigenvalue weighted by atomic mass is 10.1. The normalized spacial score (nSPS) is 11.7. The average molecular weight is 303 g/mol. The Labute approximate surface area is 127 Å². The molecule has 1 aromatic heterocycles. The zero-order valence-electron chi connectivity index (χ0n) is 12.3. The maximum atomic E-state index is 11.9. The minimum absolute atomic E-state index is 0.0433. The van der Waals surface area contributed by atoms with Crippen LogP contribution in [0.15, 0.2) is 30.5 Å². The van der Waals surface area contributed by atoms with Crippen LogP contribution < -0.4 is 10.6 Å². The predicted molar refractivity (Wildman–Crippen MR) is 80.2 cm³/mol. The highest BCUT2D eigenvalue weighted by molar-refractivity contribution is 5.97. The lowest BCUT2D eigenvalue weighted by molar-refractivity contribution is -0.153. The number of hydrogen-bond acceptors (Lipinski definition) is 4. The number of H-pyrrole nitrogens is 1. The summed E-state index contributed by atoms with van der Waals surface area (Å²) in [5.41, 5.74) is 1.72. The molecule has 0 saturated heterocycles. The third-order valence-electron chi connectivity index (χ3n) is 3.15. The summed E-state index contributed by atoms with van der Waals surface area (Å²) in [6.07, 6.45) is 0.734. The number of urea groups is 1. The molecule has 1 heterocycles. The summed E-state index contributed by atoms with van der Waals surface area (Å²) >= 11 is 0. The lowest BCUT2D eigenvalue weighted by Crippen LogP contribution is -2.43. The molecule has 0 bridgehead atoms. The number of para-hydroxylation sites is 1. The number of rotatable bonds is 4. The van der Waals surface area contributed by atoms with E-state index in [0.29, 0.717) is 0 Å². The standard InChI is InChI=1S/C15H17N3O4/c1-9(14(20)18-15(21)16-2)22-13(19)7-10-8-17-12-6-4-3-5-11(10)12/h3-6,8-9,17H,7H2,1-2H3,(H2,16,18,20,21)/t9-/m1/s1. The van der Waals surface area contributed by atoms with Crippen molar-refractivity contribution < 1.29 is 19.1 Å². The van der Waals surface area contributed by atoms with Crippen LogP contribution >= 0.6 is 0 Å². The number of nitrogens with one attached hydrogen (secondary N) is 3. The molecule has 1 atom stereocenters. The van der Waals surface area contributed by atoms with Gasteiger partial charge in [0.2, 0.25) is 0 Å². The van der Waals surface area contributed by atoms with Gasteiger partial charge in [-0.2, -0.15) is 0 Å². The van der Waals surface area contributed by atoms with E-state index in [1.807, 2.05) is 24.3 Å². The van der Waals surface area contributed by atoms with Gasteiger partial charge in [-0.15, -0.1) is 0 Å². The van der Waals surface area contributed by atoms with Crippen LogP contribution in [0.25, 0.3) is 10.9 Å². The van der Waals surface area contributed by atoms with E-state index in [9.17, 15) is 14.4 Å². The molecule has 3 N–H and O–H groups in total. The fraction of sp³-hybridized carbons (Fsp3) is 0.267. The summed E-state index contributed by atoms with van der Waals surface area (Å²) in [5.74, 6) is -1.21. The van der Waals surface area contributed by atoms with E-state index in [-0.39, 0.29) is 6.42 Å². The second-order valence-electron chi connectivity index (χ2n) is 4.74. The number of amides is 3. The number of benzene rings is 1. The second kappa shape index (κ2) is 6.75. The van der Waals surface area contributed by atoms with E-state index in [0.717, 1.165) is 16.5 Å². The Morgan fingerprint density at radius 3 is 2.73 bits per heavy atom. The SMILES string of the molecule is CNC(=O)NC(=O)[C@@H](C)OC(=O)Cc1c[nH]c2ccccc12. The van der Waals surface area contributed by atoms with Crippen LogP contribution in [-0.4, -0.2) is 36.0 Å². The third kappa shape index (κ3) is 3.63. The van der Waals surface area contributed by atoms with Gasteiger partial charge in [-0.05, 0) is 18.6 Å². The maximum absolute atomic E-state index is 11.9. The molecule has 0 unspecified atom stereocenters. The quantitative estimate of drug-likeness (QED) is 0.736. The summed E-state index contributed by atoms with van der Waals surface area (Å²) in [7, 11) is 1.39. The number of hydrogen-bond donors (Lipinski definition) is 3. The molecule has 2 aromatic rings. The molecule has 22 heavy (non-hydrogen) atoms. The molecular weight excluding hydrogens is 286 g/mol. The van der Waals surface area contributed by atoms with Crippen molar-refractivity contribution in [2.24, 2.45) is 0 Å². The number of carbonyl (C=O) groups is 3. The molecule has 0 radical (unpaired) electrons. The molecule has 116 valence electrons. The Balaban J connectivity index is 1.95. The molecular formula is C15H17N3O4. The van der Waals surface area contributed by atoms with E-state index in [1.54, 1.807) is 6.20 Å². The number of imide groups is 1. The van der Waals surface area contributed by atoms with Gasteiger partial charge in [0.25, 0.3) is 5.91 Å². The Morgan fingerprint density at radius 2 is 2.00 bits per heavy atom.